The molecule has 0 aliphatic rings. The zero-order chi connectivity index (χ0) is 15.4. The first-order chi connectivity index (χ1) is 9.97. The third kappa shape index (κ3) is 3.89. The summed E-state index contributed by atoms with van der Waals surface area (Å²) in [5.41, 5.74) is 14.5. The van der Waals surface area contributed by atoms with Crippen molar-refractivity contribution in [3.8, 4) is 5.75 Å². The van der Waals surface area contributed by atoms with E-state index in [2.05, 4.69) is 17.0 Å². The maximum Gasteiger partial charge on any atom is 0.169 e. The van der Waals surface area contributed by atoms with Crippen LogP contribution < -0.4 is 21.1 Å². The first kappa shape index (κ1) is 15.2. The third-order valence-electron chi connectivity index (χ3n) is 3.56. The lowest BCUT2D eigenvalue weighted by Gasteiger charge is -2.27. The van der Waals surface area contributed by atoms with Gasteiger partial charge in [-0.25, -0.2) is 0 Å². The van der Waals surface area contributed by atoms with Crippen molar-refractivity contribution in [1.82, 2.24) is 0 Å². The summed E-state index contributed by atoms with van der Waals surface area (Å²) in [5, 5.41) is 0. The first-order valence-corrected chi connectivity index (χ1v) is 7.08. The number of nitrogens with two attached hydrogens (primary N) is 2. The normalized spacial score (nSPS) is 13.5. The summed E-state index contributed by atoms with van der Waals surface area (Å²) in [6.07, 6.45) is -0.0882. The summed E-state index contributed by atoms with van der Waals surface area (Å²) in [6.45, 7) is 3.99. The van der Waals surface area contributed by atoms with Crippen LogP contribution in [0.25, 0.3) is 0 Å². The Morgan fingerprint density at radius 1 is 0.952 bits per heavy atom. The van der Waals surface area contributed by atoms with E-state index in [4.69, 9.17) is 16.2 Å². The van der Waals surface area contributed by atoms with Crippen LogP contribution in [-0.4, -0.2) is 13.3 Å². The largest absolute Gasteiger partial charge is 0.471 e. The van der Waals surface area contributed by atoms with Crippen molar-refractivity contribution in [1.29, 1.82) is 0 Å². The molecule has 4 heteroatoms. The maximum atomic E-state index is 5.91. The van der Waals surface area contributed by atoms with Crippen molar-refractivity contribution in [2.24, 2.45) is 5.73 Å². The molecule has 2 aromatic carbocycles. The molecule has 0 fully saturated rings. The quantitative estimate of drug-likeness (QED) is 0.654. The molecule has 2 rings (SSSR count). The summed E-state index contributed by atoms with van der Waals surface area (Å²) >= 11 is 0. The molecule has 112 valence electrons. The van der Waals surface area contributed by atoms with E-state index in [1.807, 2.05) is 57.3 Å². The number of hydrogen-bond acceptors (Lipinski definition) is 4. The molecule has 0 saturated carbocycles. The minimum Gasteiger partial charge on any atom is -0.471 e. The van der Waals surface area contributed by atoms with Gasteiger partial charge < -0.3 is 21.1 Å². The van der Waals surface area contributed by atoms with Crippen molar-refractivity contribution in [3.05, 3.63) is 54.1 Å². The molecule has 2 atom stereocenters. The zero-order valence-electron chi connectivity index (χ0n) is 12.8. The van der Waals surface area contributed by atoms with E-state index in [1.54, 1.807) is 0 Å². The van der Waals surface area contributed by atoms with Crippen LogP contribution in [0.3, 0.4) is 0 Å². The summed E-state index contributed by atoms with van der Waals surface area (Å²) < 4.78 is 5.91. The highest BCUT2D eigenvalue weighted by atomic mass is 16.5. The van der Waals surface area contributed by atoms with Crippen LogP contribution in [-0.2, 0) is 0 Å². The highest BCUT2D eigenvalue weighted by molar-refractivity contribution is 5.48. The maximum absolute atomic E-state index is 5.91. The molecule has 4 N–H and O–H groups in total. The zero-order valence-corrected chi connectivity index (χ0v) is 12.8. The number of hydrogen-bond donors (Lipinski definition) is 2. The van der Waals surface area contributed by atoms with Crippen molar-refractivity contribution in [2.45, 2.75) is 26.1 Å². The molecule has 4 nitrogen and oxygen atoms in total. The van der Waals surface area contributed by atoms with Gasteiger partial charge in [-0.05, 0) is 55.8 Å². The van der Waals surface area contributed by atoms with Crippen molar-refractivity contribution in [2.75, 3.05) is 17.7 Å². The summed E-state index contributed by atoms with van der Waals surface area (Å²) in [7, 11) is 2.00. The minimum atomic E-state index is -0.0882. The molecule has 0 amide bonds. The van der Waals surface area contributed by atoms with Crippen molar-refractivity contribution in [3.63, 3.8) is 0 Å². The van der Waals surface area contributed by atoms with Crippen LogP contribution in [0.4, 0.5) is 11.4 Å². The van der Waals surface area contributed by atoms with Crippen LogP contribution >= 0.6 is 0 Å². The van der Waals surface area contributed by atoms with E-state index in [-0.39, 0.29) is 12.3 Å². The highest BCUT2D eigenvalue weighted by Crippen LogP contribution is 2.21. The average molecular weight is 285 g/mol. The molecule has 0 spiro atoms. The predicted octanol–water partition coefficient (Wildman–Crippen LogP) is 3.15. The van der Waals surface area contributed by atoms with E-state index in [9.17, 15) is 0 Å². The second-order valence-corrected chi connectivity index (χ2v) is 5.28. The van der Waals surface area contributed by atoms with Crippen LogP contribution in [0.15, 0.2) is 48.5 Å². The van der Waals surface area contributed by atoms with Crippen LogP contribution in [0.1, 0.15) is 25.5 Å². The van der Waals surface area contributed by atoms with Gasteiger partial charge in [0, 0.05) is 24.5 Å². The van der Waals surface area contributed by atoms with Crippen LogP contribution in [0.5, 0.6) is 5.75 Å². The number of ether oxygens (including phenoxy) is 1. The van der Waals surface area contributed by atoms with E-state index < -0.39 is 0 Å². The van der Waals surface area contributed by atoms with Gasteiger partial charge in [-0.2, -0.15) is 0 Å². The van der Waals surface area contributed by atoms with E-state index in [0.717, 1.165) is 22.7 Å². The SMILES string of the molecule is CC(N)c1ccc(N(C)C(C)Oc2ccc(N)cc2)cc1. The topological polar surface area (TPSA) is 64.5 Å². The van der Waals surface area contributed by atoms with Crippen molar-refractivity contribution >= 4 is 11.4 Å². The average Bonchev–Trinajstić information content (AvgIpc) is 2.49. The number of nitrogen functional groups attached to an aromatic ring is 1. The monoisotopic (exact) mass is 285 g/mol. The molecule has 2 unspecified atom stereocenters. The Hall–Kier alpha value is -2.20. The molecule has 0 bridgehead atoms. The Morgan fingerprint density at radius 3 is 2.05 bits per heavy atom. The van der Waals surface area contributed by atoms with Gasteiger partial charge in [-0.1, -0.05) is 12.1 Å². The van der Waals surface area contributed by atoms with Gasteiger partial charge in [0.25, 0.3) is 0 Å². The van der Waals surface area contributed by atoms with Gasteiger partial charge in [-0.15, -0.1) is 0 Å². The molecule has 0 saturated heterocycles. The van der Waals surface area contributed by atoms with Gasteiger partial charge in [0.05, 0.1) is 0 Å². The highest BCUT2D eigenvalue weighted by Gasteiger charge is 2.12. The summed E-state index contributed by atoms with van der Waals surface area (Å²) in [6, 6.07) is 15.7. The van der Waals surface area contributed by atoms with Gasteiger partial charge in [0.15, 0.2) is 6.23 Å². The molecular weight excluding hydrogens is 262 g/mol. The van der Waals surface area contributed by atoms with E-state index >= 15 is 0 Å². The molecule has 2 aromatic rings. The van der Waals surface area contributed by atoms with Gasteiger partial charge in [-0.3, -0.25) is 0 Å². The Bertz CT molecular complexity index is 564. The predicted molar refractivity (Wildman–Crippen MR) is 88.4 cm³/mol. The van der Waals surface area contributed by atoms with Crippen LogP contribution in [0.2, 0.25) is 0 Å². The number of rotatable bonds is 5. The number of benzene rings is 2. The molecule has 0 heterocycles. The fraction of sp³-hybridized carbons (Fsp3) is 0.294. The lowest BCUT2D eigenvalue weighted by Crippen LogP contribution is -2.33. The Kier molecular flexibility index (Phi) is 4.70. The third-order valence-corrected chi connectivity index (χ3v) is 3.56. The molecule has 0 aliphatic heterocycles. The van der Waals surface area contributed by atoms with Crippen LogP contribution in [0, 0.1) is 0 Å². The molecule has 0 radical (unpaired) electrons. The minimum absolute atomic E-state index is 0.0489. The molecule has 21 heavy (non-hydrogen) atoms. The lowest BCUT2D eigenvalue weighted by molar-refractivity contribution is 0.222. The standard InChI is InChI=1S/C17H23N3O/c1-12(18)14-4-8-16(9-5-14)20(3)13(2)21-17-10-6-15(19)7-11-17/h4-13H,18-19H2,1-3H3. The van der Waals surface area contributed by atoms with E-state index in [1.165, 1.54) is 0 Å². The van der Waals surface area contributed by atoms with Gasteiger partial charge in [0.2, 0.25) is 0 Å². The van der Waals surface area contributed by atoms with Crippen molar-refractivity contribution < 1.29 is 4.74 Å². The Balaban J connectivity index is 2.04. The smallest absolute Gasteiger partial charge is 0.169 e. The fourth-order valence-corrected chi connectivity index (χ4v) is 2.05. The molecular formula is C17H23N3O. The lowest BCUT2D eigenvalue weighted by atomic mass is 10.1. The fourth-order valence-electron chi connectivity index (χ4n) is 2.05. The Labute approximate surface area is 126 Å². The van der Waals surface area contributed by atoms with Gasteiger partial charge in [0.1, 0.15) is 5.75 Å². The first-order valence-electron chi connectivity index (χ1n) is 7.08. The Morgan fingerprint density at radius 2 is 1.52 bits per heavy atom. The van der Waals surface area contributed by atoms with Gasteiger partial charge >= 0.3 is 0 Å². The molecule has 0 aliphatic carbocycles. The number of anilines is 2. The second kappa shape index (κ2) is 6.50. The second-order valence-electron chi connectivity index (χ2n) is 5.28. The summed E-state index contributed by atoms with van der Waals surface area (Å²) in [4.78, 5) is 2.07. The molecule has 0 aromatic heterocycles. The summed E-state index contributed by atoms with van der Waals surface area (Å²) in [5.74, 6) is 0.802. The number of nitrogens with zero attached hydrogens (tertiary/aromatic N) is 1. The van der Waals surface area contributed by atoms with E-state index in [0.29, 0.717) is 0 Å².